The van der Waals surface area contributed by atoms with Gasteiger partial charge in [0.2, 0.25) is 0 Å². The third-order valence-corrected chi connectivity index (χ3v) is 3.80. The van der Waals surface area contributed by atoms with Gasteiger partial charge in [-0.15, -0.1) is 0 Å². The van der Waals surface area contributed by atoms with E-state index < -0.39 is 12.0 Å². The minimum atomic E-state index is -0.727. The summed E-state index contributed by atoms with van der Waals surface area (Å²) < 4.78 is 0. The van der Waals surface area contributed by atoms with Gasteiger partial charge >= 0.3 is 5.97 Å². The lowest BCUT2D eigenvalue weighted by Crippen LogP contribution is -2.47. The molecule has 2 N–H and O–H groups in total. The SMILES string of the molecule is CN(CCN1CCCC1)CC(NC1CC1)C(=O)O. The minimum Gasteiger partial charge on any atom is -0.480 e. The van der Waals surface area contributed by atoms with Crippen LogP contribution in [-0.4, -0.2) is 72.7 Å². The van der Waals surface area contributed by atoms with Crippen molar-refractivity contribution in [1.29, 1.82) is 0 Å². The van der Waals surface area contributed by atoms with E-state index in [1.807, 2.05) is 7.05 Å². The first-order valence-corrected chi connectivity index (χ1v) is 7.05. The second kappa shape index (κ2) is 6.50. The van der Waals surface area contributed by atoms with Crippen molar-refractivity contribution in [2.75, 3.05) is 39.8 Å². The summed E-state index contributed by atoms with van der Waals surface area (Å²) in [5.41, 5.74) is 0. The monoisotopic (exact) mass is 255 g/mol. The number of nitrogens with zero attached hydrogens (tertiary/aromatic N) is 2. The molecular weight excluding hydrogens is 230 g/mol. The van der Waals surface area contributed by atoms with Gasteiger partial charge in [-0.05, 0) is 45.8 Å². The van der Waals surface area contributed by atoms with Crippen molar-refractivity contribution >= 4 is 5.97 Å². The molecule has 0 aromatic heterocycles. The van der Waals surface area contributed by atoms with Gasteiger partial charge in [0.25, 0.3) is 0 Å². The van der Waals surface area contributed by atoms with Crippen molar-refractivity contribution in [2.45, 2.75) is 37.8 Å². The van der Waals surface area contributed by atoms with Gasteiger partial charge in [-0.25, -0.2) is 0 Å². The van der Waals surface area contributed by atoms with Crippen LogP contribution in [-0.2, 0) is 4.79 Å². The number of carboxylic acid groups (broad SMARTS) is 1. The van der Waals surface area contributed by atoms with Crippen LogP contribution in [0.25, 0.3) is 0 Å². The minimum absolute atomic E-state index is 0.416. The summed E-state index contributed by atoms with van der Waals surface area (Å²) in [6, 6.07) is 0.0270. The third-order valence-electron chi connectivity index (χ3n) is 3.80. The van der Waals surface area contributed by atoms with E-state index in [2.05, 4.69) is 15.1 Å². The maximum absolute atomic E-state index is 11.2. The van der Waals surface area contributed by atoms with Crippen molar-refractivity contribution in [1.82, 2.24) is 15.1 Å². The Kier molecular flexibility index (Phi) is 4.97. The van der Waals surface area contributed by atoms with Crippen LogP contribution in [0.15, 0.2) is 0 Å². The molecule has 2 fully saturated rings. The van der Waals surface area contributed by atoms with E-state index in [4.69, 9.17) is 0 Å². The van der Waals surface area contributed by atoms with Crippen molar-refractivity contribution in [3.05, 3.63) is 0 Å². The molecule has 104 valence electrons. The van der Waals surface area contributed by atoms with Crippen LogP contribution in [0.3, 0.4) is 0 Å². The van der Waals surface area contributed by atoms with Crippen molar-refractivity contribution in [3.63, 3.8) is 0 Å². The molecule has 1 heterocycles. The van der Waals surface area contributed by atoms with Gasteiger partial charge in [0.1, 0.15) is 6.04 Å². The topological polar surface area (TPSA) is 55.8 Å². The Morgan fingerprint density at radius 1 is 1.44 bits per heavy atom. The molecule has 2 aliphatic rings. The van der Waals surface area contributed by atoms with Gasteiger partial charge in [-0.1, -0.05) is 0 Å². The molecule has 1 aliphatic carbocycles. The summed E-state index contributed by atoms with van der Waals surface area (Å²) in [5, 5.41) is 12.4. The third kappa shape index (κ3) is 4.55. The van der Waals surface area contributed by atoms with E-state index in [0.29, 0.717) is 12.6 Å². The zero-order chi connectivity index (χ0) is 13.0. The number of carbonyl (C=O) groups is 1. The molecule has 18 heavy (non-hydrogen) atoms. The van der Waals surface area contributed by atoms with Crippen molar-refractivity contribution < 1.29 is 9.90 Å². The van der Waals surface area contributed by atoms with E-state index in [9.17, 15) is 9.90 Å². The molecule has 1 aliphatic heterocycles. The first-order chi connectivity index (χ1) is 8.65. The summed E-state index contributed by atoms with van der Waals surface area (Å²) in [5.74, 6) is -0.727. The second-order valence-corrected chi connectivity index (χ2v) is 5.64. The normalized spacial score (nSPS) is 22.6. The van der Waals surface area contributed by atoms with Crippen LogP contribution in [0.1, 0.15) is 25.7 Å². The number of carboxylic acids is 1. The summed E-state index contributed by atoms with van der Waals surface area (Å²) in [6.45, 7) is 5.02. The van der Waals surface area contributed by atoms with Crippen LogP contribution in [0.4, 0.5) is 0 Å². The summed E-state index contributed by atoms with van der Waals surface area (Å²) in [4.78, 5) is 15.7. The maximum atomic E-state index is 11.2. The summed E-state index contributed by atoms with van der Waals surface area (Å²) >= 11 is 0. The molecule has 2 rings (SSSR count). The van der Waals surface area contributed by atoms with E-state index >= 15 is 0 Å². The lowest BCUT2D eigenvalue weighted by molar-refractivity contribution is -0.140. The van der Waals surface area contributed by atoms with E-state index in [-0.39, 0.29) is 0 Å². The maximum Gasteiger partial charge on any atom is 0.322 e. The Bertz CT molecular complexity index is 275. The fourth-order valence-corrected chi connectivity index (χ4v) is 2.46. The number of rotatable bonds is 8. The molecule has 0 amide bonds. The molecule has 1 atom stereocenters. The lowest BCUT2D eigenvalue weighted by atomic mass is 10.2. The Balaban J connectivity index is 1.66. The molecular formula is C13H25N3O2. The van der Waals surface area contributed by atoms with Gasteiger partial charge in [-0.3, -0.25) is 4.79 Å². The molecule has 1 saturated carbocycles. The average molecular weight is 255 g/mol. The fraction of sp³-hybridized carbons (Fsp3) is 0.923. The lowest BCUT2D eigenvalue weighted by Gasteiger charge is -2.24. The number of hydrogen-bond acceptors (Lipinski definition) is 4. The van der Waals surface area contributed by atoms with E-state index in [1.165, 1.54) is 25.9 Å². The predicted octanol–water partition coefficient (Wildman–Crippen LogP) is 0.219. The Labute approximate surface area is 109 Å². The Morgan fingerprint density at radius 3 is 2.67 bits per heavy atom. The van der Waals surface area contributed by atoms with Gasteiger partial charge < -0.3 is 20.2 Å². The highest BCUT2D eigenvalue weighted by Crippen LogP contribution is 2.19. The number of nitrogens with one attached hydrogen (secondary N) is 1. The molecule has 5 heteroatoms. The van der Waals surface area contributed by atoms with E-state index in [0.717, 1.165) is 25.9 Å². The van der Waals surface area contributed by atoms with Crippen molar-refractivity contribution in [2.24, 2.45) is 0 Å². The first kappa shape index (κ1) is 13.8. The molecule has 1 saturated heterocycles. The van der Waals surface area contributed by atoms with Crippen LogP contribution in [0.5, 0.6) is 0 Å². The largest absolute Gasteiger partial charge is 0.480 e. The molecule has 1 unspecified atom stereocenters. The number of likely N-dealkylation sites (tertiary alicyclic amines) is 1. The molecule has 0 aromatic carbocycles. The van der Waals surface area contributed by atoms with Crippen LogP contribution in [0, 0.1) is 0 Å². The zero-order valence-electron chi connectivity index (χ0n) is 11.3. The number of hydrogen-bond donors (Lipinski definition) is 2. The quantitative estimate of drug-likeness (QED) is 0.650. The molecule has 0 spiro atoms. The average Bonchev–Trinajstić information content (AvgIpc) is 2.99. The Morgan fingerprint density at radius 2 is 2.11 bits per heavy atom. The molecule has 0 aromatic rings. The van der Waals surface area contributed by atoms with E-state index in [1.54, 1.807) is 0 Å². The predicted molar refractivity (Wildman–Crippen MR) is 70.8 cm³/mol. The fourth-order valence-electron chi connectivity index (χ4n) is 2.46. The molecule has 0 bridgehead atoms. The molecule has 5 nitrogen and oxygen atoms in total. The zero-order valence-corrected chi connectivity index (χ0v) is 11.3. The van der Waals surface area contributed by atoms with Crippen LogP contribution < -0.4 is 5.32 Å². The van der Waals surface area contributed by atoms with Gasteiger partial charge in [0.05, 0.1) is 0 Å². The van der Waals surface area contributed by atoms with Crippen molar-refractivity contribution in [3.8, 4) is 0 Å². The highest BCUT2D eigenvalue weighted by atomic mass is 16.4. The standard InChI is InChI=1S/C13H25N3O2/c1-15(8-9-16-6-2-3-7-16)10-12(13(17)18)14-11-4-5-11/h11-12,14H,2-10H2,1H3,(H,17,18). The van der Waals surface area contributed by atoms with Crippen LogP contribution >= 0.6 is 0 Å². The highest BCUT2D eigenvalue weighted by molar-refractivity contribution is 5.73. The summed E-state index contributed by atoms with van der Waals surface area (Å²) in [6.07, 6.45) is 4.87. The smallest absolute Gasteiger partial charge is 0.322 e. The Hall–Kier alpha value is -0.650. The molecule has 0 radical (unpaired) electrons. The van der Waals surface area contributed by atoms with Crippen LogP contribution in [0.2, 0.25) is 0 Å². The first-order valence-electron chi connectivity index (χ1n) is 7.05. The summed E-state index contributed by atoms with van der Waals surface area (Å²) in [7, 11) is 2.01. The van der Waals surface area contributed by atoms with Gasteiger partial charge in [0.15, 0.2) is 0 Å². The second-order valence-electron chi connectivity index (χ2n) is 5.64. The number of aliphatic carboxylic acids is 1. The highest BCUT2D eigenvalue weighted by Gasteiger charge is 2.28. The van der Waals surface area contributed by atoms with Gasteiger partial charge in [0, 0.05) is 25.7 Å². The van der Waals surface area contributed by atoms with Gasteiger partial charge in [-0.2, -0.15) is 0 Å². The number of likely N-dealkylation sites (N-methyl/N-ethyl adjacent to an activating group) is 1.